The SMILES string of the molecule is CCOc1cc(C)c(C[C@@H]2SC(=O)N(CC)C2=O)cc1C(C)C. The number of imide groups is 1. The molecule has 1 heterocycles. The second-order valence-corrected chi connectivity index (χ2v) is 7.22. The lowest BCUT2D eigenvalue weighted by Gasteiger charge is -2.18. The fourth-order valence-electron chi connectivity index (χ4n) is 2.81. The van der Waals surface area contributed by atoms with Crippen LogP contribution in [0.1, 0.15) is 50.3 Å². The molecule has 126 valence electrons. The van der Waals surface area contributed by atoms with Gasteiger partial charge in [0.05, 0.1) is 11.9 Å². The van der Waals surface area contributed by atoms with E-state index in [1.54, 1.807) is 0 Å². The number of carbonyl (C=O) groups excluding carboxylic acids is 2. The zero-order valence-electron chi connectivity index (χ0n) is 14.5. The Morgan fingerprint density at radius 1 is 1.26 bits per heavy atom. The van der Waals surface area contributed by atoms with Crippen molar-refractivity contribution in [1.29, 1.82) is 0 Å². The first-order chi connectivity index (χ1) is 10.9. The fourth-order valence-corrected chi connectivity index (χ4v) is 3.89. The van der Waals surface area contributed by atoms with Crippen LogP contribution in [0.3, 0.4) is 0 Å². The lowest BCUT2D eigenvalue weighted by molar-refractivity contribution is -0.126. The van der Waals surface area contributed by atoms with Gasteiger partial charge in [0.15, 0.2) is 0 Å². The molecule has 2 amide bonds. The summed E-state index contributed by atoms with van der Waals surface area (Å²) in [4.78, 5) is 25.5. The van der Waals surface area contributed by atoms with Gasteiger partial charge in [-0.15, -0.1) is 0 Å². The highest BCUT2D eigenvalue weighted by molar-refractivity contribution is 8.15. The third-order valence-corrected chi connectivity index (χ3v) is 5.19. The van der Waals surface area contributed by atoms with Crippen LogP contribution < -0.4 is 4.74 Å². The predicted molar refractivity (Wildman–Crippen MR) is 94.3 cm³/mol. The van der Waals surface area contributed by atoms with Crippen LogP contribution in [-0.2, 0) is 11.2 Å². The fraction of sp³-hybridized carbons (Fsp3) is 0.556. The Balaban J connectivity index is 2.28. The van der Waals surface area contributed by atoms with Gasteiger partial charge in [0.2, 0.25) is 5.91 Å². The van der Waals surface area contributed by atoms with E-state index in [0.717, 1.165) is 34.2 Å². The van der Waals surface area contributed by atoms with Crippen molar-refractivity contribution in [3.63, 3.8) is 0 Å². The van der Waals surface area contributed by atoms with E-state index in [1.807, 2.05) is 20.8 Å². The molecule has 4 nitrogen and oxygen atoms in total. The maximum absolute atomic E-state index is 12.3. The van der Waals surface area contributed by atoms with Crippen molar-refractivity contribution >= 4 is 22.9 Å². The summed E-state index contributed by atoms with van der Waals surface area (Å²) in [5, 5.41) is -0.436. The topological polar surface area (TPSA) is 46.6 Å². The molecule has 0 aliphatic carbocycles. The summed E-state index contributed by atoms with van der Waals surface area (Å²) in [6.07, 6.45) is 0.587. The Morgan fingerprint density at radius 3 is 2.48 bits per heavy atom. The van der Waals surface area contributed by atoms with Gasteiger partial charge in [-0.05, 0) is 55.9 Å². The van der Waals surface area contributed by atoms with Crippen LogP contribution in [0.15, 0.2) is 12.1 Å². The molecule has 1 saturated heterocycles. The van der Waals surface area contributed by atoms with Crippen molar-refractivity contribution in [2.45, 2.75) is 52.2 Å². The number of benzene rings is 1. The molecule has 1 atom stereocenters. The van der Waals surface area contributed by atoms with Crippen LogP contribution in [0.2, 0.25) is 0 Å². The number of rotatable bonds is 6. The number of nitrogens with zero attached hydrogens (tertiary/aromatic N) is 1. The van der Waals surface area contributed by atoms with Crippen molar-refractivity contribution in [2.24, 2.45) is 0 Å². The van der Waals surface area contributed by atoms with E-state index < -0.39 is 0 Å². The Labute approximate surface area is 142 Å². The zero-order chi connectivity index (χ0) is 17.1. The monoisotopic (exact) mass is 335 g/mol. The molecule has 0 saturated carbocycles. The van der Waals surface area contributed by atoms with Crippen LogP contribution >= 0.6 is 11.8 Å². The maximum Gasteiger partial charge on any atom is 0.289 e. The second kappa shape index (κ2) is 7.39. The third kappa shape index (κ3) is 3.71. The first-order valence-corrected chi connectivity index (χ1v) is 9.05. The third-order valence-electron chi connectivity index (χ3n) is 4.12. The minimum Gasteiger partial charge on any atom is -0.494 e. The lowest BCUT2D eigenvalue weighted by Crippen LogP contribution is -2.31. The normalized spacial score (nSPS) is 18.2. The number of hydrogen-bond donors (Lipinski definition) is 0. The summed E-state index contributed by atoms with van der Waals surface area (Å²) >= 11 is 1.14. The molecule has 23 heavy (non-hydrogen) atoms. The van der Waals surface area contributed by atoms with Crippen LogP contribution in [-0.4, -0.2) is 34.4 Å². The van der Waals surface area contributed by atoms with Crippen LogP contribution in [0.5, 0.6) is 5.75 Å². The average Bonchev–Trinajstić information content (AvgIpc) is 2.75. The van der Waals surface area contributed by atoms with E-state index in [2.05, 4.69) is 26.0 Å². The molecule has 0 unspecified atom stereocenters. The summed E-state index contributed by atoms with van der Waals surface area (Å²) in [6.45, 7) is 11.2. The van der Waals surface area contributed by atoms with E-state index in [4.69, 9.17) is 4.74 Å². The maximum atomic E-state index is 12.3. The summed E-state index contributed by atoms with van der Waals surface area (Å²) in [5.74, 6) is 1.19. The van der Waals surface area contributed by atoms with Crippen LogP contribution in [0.4, 0.5) is 4.79 Å². The Hall–Kier alpha value is -1.49. The number of amides is 2. The number of hydrogen-bond acceptors (Lipinski definition) is 4. The van der Waals surface area contributed by atoms with Crippen LogP contribution in [0.25, 0.3) is 0 Å². The van der Waals surface area contributed by atoms with E-state index in [9.17, 15) is 9.59 Å². The molecule has 1 aliphatic rings. The molecule has 1 aromatic rings. The van der Waals surface area contributed by atoms with Crippen molar-refractivity contribution in [3.05, 3.63) is 28.8 Å². The summed E-state index contributed by atoms with van der Waals surface area (Å²) < 4.78 is 5.74. The molecule has 0 radical (unpaired) electrons. The van der Waals surface area contributed by atoms with E-state index >= 15 is 0 Å². The molecular weight excluding hydrogens is 310 g/mol. The van der Waals surface area contributed by atoms with Gasteiger partial charge in [0.25, 0.3) is 5.24 Å². The van der Waals surface area contributed by atoms with Gasteiger partial charge in [-0.3, -0.25) is 14.5 Å². The van der Waals surface area contributed by atoms with Gasteiger partial charge in [-0.1, -0.05) is 31.7 Å². The molecule has 0 bridgehead atoms. The van der Waals surface area contributed by atoms with Crippen molar-refractivity contribution in [1.82, 2.24) is 4.90 Å². The molecule has 2 rings (SSSR count). The lowest BCUT2D eigenvalue weighted by atomic mass is 9.94. The minimum atomic E-state index is -0.306. The van der Waals surface area contributed by atoms with Crippen molar-refractivity contribution in [3.8, 4) is 5.75 Å². The number of aryl methyl sites for hydroxylation is 1. The van der Waals surface area contributed by atoms with E-state index in [-0.39, 0.29) is 16.4 Å². The standard InChI is InChI=1S/C18H25NO3S/c1-6-19-17(20)16(23-18(19)21)10-13-9-14(11(3)4)15(22-7-2)8-12(13)5/h8-9,11,16H,6-7,10H2,1-5H3/t16-/m0/s1. The quantitative estimate of drug-likeness (QED) is 0.784. The summed E-state index contributed by atoms with van der Waals surface area (Å²) in [6, 6.07) is 4.19. The molecule has 0 N–H and O–H groups in total. The van der Waals surface area contributed by atoms with E-state index in [0.29, 0.717) is 25.5 Å². The Morgan fingerprint density at radius 2 is 1.96 bits per heavy atom. The first-order valence-electron chi connectivity index (χ1n) is 8.17. The Bertz CT molecular complexity index is 613. The van der Waals surface area contributed by atoms with Gasteiger partial charge in [-0.25, -0.2) is 0 Å². The minimum absolute atomic E-state index is 0.0677. The zero-order valence-corrected chi connectivity index (χ0v) is 15.3. The largest absolute Gasteiger partial charge is 0.494 e. The first kappa shape index (κ1) is 17.9. The van der Waals surface area contributed by atoms with Gasteiger partial charge in [0.1, 0.15) is 5.75 Å². The molecule has 1 aromatic carbocycles. The van der Waals surface area contributed by atoms with Crippen molar-refractivity contribution < 1.29 is 14.3 Å². The van der Waals surface area contributed by atoms with E-state index in [1.165, 1.54) is 4.90 Å². The highest BCUT2D eigenvalue weighted by atomic mass is 32.2. The highest BCUT2D eigenvalue weighted by Crippen LogP contribution is 2.34. The predicted octanol–water partition coefficient (Wildman–Crippen LogP) is 4.14. The second-order valence-electron chi connectivity index (χ2n) is 6.06. The molecule has 5 heteroatoms. The van der Waals surface area contributed by atoms with Gasteiger partial charge in [0, 0.05) is 6.54 Å². The Kier molecular flexibility index (Phi) is 5.74. The summed E-state index contributed by atoms with van der Waals surface area (Å²) in [5.41, 5.74) is 3.38. The van der Waals surface area contributed by atoms with Gasteiger partial charge < -0.3 is 4.74 Å². The molecule has 0 spiro atoms. The van der Waals surface area contributed by atoms with Gasteiger partial charge >= 0.3 is 0 Å². The van der Waals surface area contributed by atoms with Crippen LogP contribution in [0, 0.1) is 6.92 Å². The molecule has 1 fully saturated rings. The van der Waals surface area contributed by atoms with Gasteiger partial charge in [-0.2, -0.15) is 0 Å². The highest BCUT2D eigenvalue weighted by Gasteiger charge is 2.38. The summed E-state index contributed by atoms with van der Waals surface area (Å²) in [7, 11) is 0. The number of thioether (sulfide) groups is 1. The number of ether oxygens (including phenoxy) is 1. The molecular formula is C18H25NO3S. The average molecular weight is 335 g/mol. The smallest absolute Gasteiger partial charge is 0.289 e. The number of carbonyl (C=O) groups is 2. The molecule has 1 aliphatic heterocycles. The molecule has 0 aromatic heterocycles. The van der Waals surface area contributed by atoms with Crippen molar-refractivity contribution in [2.75, 3.05) is 13.2 Å².